The second kappa shape index (κ2) is 29.5. The Morgan fingerprint density at radius 2 is 0.540 bits per heavy atom. The molecule has 7 heteroatoms. The van der Waals surface area contributed by atoms with Gasteiger partial charge in [0.15, 0.2) is 0 Å². The first-order chi connectivity index (χ1) is 66.7. The van der Waals surface area contributed by atoms with Gasteiger partial charge in [-0.05, 0) is 313 Å². The predicted octanol–water partition coefficient (Wildman–Crippen LogP) is 37.7. The first-order valence-corrected chi connectivity index (χ1v) is 47.9. The molecule has 0 saturated heterocycles. The van der Waals surface area contributed by atoms with Crippen molar-refractivity contribution in [1.82, 2.24) is 0 Å². The van der Waals surface area contributed by atoms with E-state index >= 15 is 0 Å². The van der Waals surface area contributed by atoms with Crippen molar-refractivity contribution in [1.29, 1.82) is 0 Å². The number of fused-ring (bicyclic) bond motifs is 20. The van der Waals surface area contributed by atoms with Crippen LogP contribution in [0.3, 0.4) is 0 Å². The quantitative estimate of drug-likeness (QED) is 0.133. The van der Waals surface area contributed by atoms with Crippen LogP contribution in [0.4, 0.5) is 51.2 Å². The van der Waals surface area contributed by atoms with Crippen LogP contribution in [0.1, 0.15) is 98.5 Å². The van der Waals surface area contributed by atoms with Crippen LogP contribution in [-0.4, -0.2) is 0 Å². The fourth-order valence-corrected chi connectivity index (χ4v) is 24.0. The van der Waals surface area contributed by atoms with Gasteiger partial charge in [-0.25, -0.2) is 0 Å². The Morgan fingerprint density at radius 3 is 0.912 bits per heavy atom. The van der Waals surface area contributed by atoms with Crippen molar-refractivity contribution < 1.29 is 17.7 Å². The number of para-hydroxylation sites is 8. The molecular weight excluding hydrogens is 1670 g/mol. The van der Waals surface area contributed by atoms with Gasteiger partial charge >= 0.3 is 0 Å². The molecule has 28 rings (SSSR count). The van der Waals surface area contributed by atoms with E-state index < -0.39 is 0 Å². The van der Waals surface area contributed by atoms with Crippen molar-refractivity contribution in [2.75, 3.05) is 14.7 Å². The van der Waals surface area contributed by atoms with Crippen molar-refractivity contribution in [2.24, 2.45) is 0 Å². The number of aryl methyl sites for hydroxylation is 4. The van der Waals surface area contributed by atoms with Gasteiger partial charge in [0.25, 0.3) is 0 Å². The summed E-state index contributed by atoms with van der Waals surface area (Å²) in [4.78, 5) is 7.20. The van der Waals surface area contributed by atoms with E-state index in [4.69, 9.17) is 17.7 Å². The molecule has 0 saturated carbocycles. The van der Waals surface area contributed by atoms with Gasteiger partial charge in [0.05, 0.1) is 22.7 Å². The van der Waals surface area contributed by atoms with Gasteiger partial charge in [-0.2, -0.15) is 0 Å². The first kappa shape index (κ1) is 80.2. The number of furan rings is 4. The smallest absolute Gasteiger partial charge is 0.143 e. The largest absolute Gasteiger partial charge is 0.455 e. The number of anilines is 9. The first-order valence-electron chi connectivity index (χ1n) is 47.9. The van der Waals surface area contributed by atoms with E-state index in [2.05, 4.69) is 467 Å². The molecule has 2 aliphatic rings. The van der Waals surface area contributed by atoms with Crippen LogP contribution in [-0.2, 0) is 16.2 Å². The summed E-state index contributed by atoms with van der Waals surface area (Å²) in [6.45, 7) is 25.2. The molecule has 0 spiro atoms. The number of nitrogens with zero attached hydrogens (tertiary/aromatic N) is 3. The SMILES string of the molecule is CC1(C)c2ccccc2N(c2ccc(-c3cc4c5oc6ccccc6c5cc5c(-c6ccc(N7c8ccccc8C(C)(C)c8ccccc87)cc6)cc6c7oc8ccccc8c7cc3c6c54)cc2)c2ccccc21.Cc1cccc(C)c1-c1cc2c3oc4ccc(C(C)(C)C)cc4c3cc3c(-c4c(C)cccc4C)cc4c5oc6ccc(N(c7ccccc7)c7ccccc7)cc6c5cc1c4c32. The van der Waals surface area contributed by atoms with Crippen LogP contribution in [0.2, 0.25) is 0 Å². The Balaban J connectivity index is 0.000000140. The summed E-state index contributed by atoms with van der Waals surface area (Å²) in [5.74, 6) is 0. The minimum absolute atomic E-state index is 0.00698. The lowest BCUT2D eigenvalue weighted by atomic mass is 9.73. The van der Waals surface area contributed by atoms with Crippen molar-refractivity contribution in [2.45, 2.75) is 92.4 Å². The maximum absolute atomic E-state index is 7.14. The Hall–Kier alpha value is -16.5. The van der Waals surface area contributed by atoms with E-state index in [1.807, 2.05) is 0 Å². The molecule has 2 aliphatic heterocycles. The molecule has 0 atom stereocenters. The third-order valence-corrected chi connectivity index (χ3v) is 30.6. The van der Waals surface area contributed by atoms with E-state index in [-0.39, 0.29) is 16.2 Å². The fraction of sp³-hybridized carbons (Fsp3) is 0.108. The molecule has 6 heterocycles. The summed E-state index contributed by atoms with van der Waals surface area (Å²) in [5.41, 5.74) is 38.3. The molecule has 0 unspecified atom stereocenters. The van der Waals surface area contributed by atoms with Crippen LogP contribution in [0, 0.1) is 27.7 Å². The molecule has 654 valence electrons. The maximum Gasteiger partial charge on any atom is 0.143 e. The zero-order valence-electron chi connectivity index (χ0n) is 78.3. The maximum atomic E-state index is 7.14. The summed E-state index contributed by atoms with van der Waals surface area (Å²) in [6, 6.07) is 138. The molecule has 0 N–H and O–H groups in total. The summed E-state index contributed by atoms with van der Waals surface area (Å²) in [5, 5.41) is 22.9. The molecule has 7 nitrogen and oxygen atoms in total. The Labute approximate surface area is 793 Å². The molecule has 0 aliphatic carbocycles. The van der Waals surface area contributed by atoms with E-state index in [1.165, 1.54) is 138 Å². The van der Waals surface area contributed by atoms with E-state index in [0.29, 0.717) is 0 Å². The van der Waals surface area contributed by atoms with Crippen LogP contribution >= 0.6 is 0 Å². The molecule has 26 aromatic rings. The van der Waals surface area contributed by atoms with Crippen LogP contribution in [0.15, 0.2) is 394 Å². The second-order valence-corrected chi connectivity index (χ2v) is 40.3. The van der Waals surface area contributed by atoms with Crippen molar-refractivity contribution in [3.05, 3.63) is 426 Å². The minimum Gasteiger partial charge on any atom is -0.455 e. The fourth-order valence-electron chi connectivity index (χ4n) is 24.0. The van der Waals surface area contributed by atoms with Crippen molar-refractivity contribution in [3.63, 3.8) is 0 Å². The summed E-state index contributed by atoms with van der Waals surface area (Å²) in [7, 11) is 0. The Kier molecular flexibility index (Phi) is 17.3. The highest BCUT2D eigenvalue weighted by Gasteiger charge is 2.40. The highest BCUT2D eigenvalue weighted by atomic mass is 16.3. The van der Waals surface area contributed by atoms with E-state index in [1.54, 1.807) is 0 Å². The van der Waals surface area contributed by atoms with E-state index in [9.17, 15) is 0 Å². The van der Waals surface area contributed by atoms with Crippen LogP contribution in [0.25, 0.3) is 197 Å². The number of rotatable bonds is 9. The highest BCUT2D eigenvalue weighted by Crippen LogP contribution is 2.59. The molecule has 0 amide bonds. The standard InChI is InChI=1S/C70H48N2O2.C60H47NO2/c1-69(2)55-19-7-11-23-59(55)71(60-24-12-8-20-56(60)69)43-33-29-41(30-34-43)47-37-53-66-50(40-52-46-18-6-16-28-64(46)73-67(52)53)48(38-54-65(66)49(47)39-51-45-17-5-15-27-63(45)74-68(51)54)42-31-35-44(36-32-42)72-61-25-13-9-21-57(61)70(3,4)58-22-10-14-26-62(58)72;1-34-16-14-17-35(2)54(34)44-33-51-57-47(31-49-43-29-41(25-27-53(43)63-59(49)51)61(39-20-10-8-11-21-39)40-22-12-9-13-23-40)45(55-36(3)18-15-19-37(55)4)32-50-56(57)46(44)30-48-42-28-38(60(5,6)7)24-26-52(42)62-58(48)50/h5-40H,1-4H3;8-33H,1-7H3. The monoisotopic (exact) mass is 1760 g/mol. The third-order valence-electron chi connectivity index (χ3n) is 30.6. The zero-order chi connectivity index (χ0) is 92.1. The lowest BCUT2D eigenvalue weighted by molar-refractivity contribution is 0.590. The molecule has 0 bridgehead atoms. The molecule has 137 heavy (non-hydrogen) atoms. The Bertz CT molecular complexity index is 9090. The minimum atomic E-state index is -0.137. The number of hydrogen-bond acceptors (Lipinski definition) is 7. The summed E-state index contributed by atoms with van der Waals surface area (Å²) in [6.07, 6.45) is 0. The third kappa shape index (κ3) is 11.8. The van der Waals surface area contributed by atoms with Crippen LogP contribution in [0.5, 0.6) is 0 Å². The summed E-state index contributed by atoms with van der Waals surface area (Å²) >= 11 is 0. The average Bonchev–Trinajstić information content (AvgIpc) is 1.60. The normalized spacial score (nSPS) is 13.6. The molecule has 4 aromatic heterocycles. The van der Waals surface area contributed by atoms with Gasteiger partial charge in [0.2, 0.25) is 0 Å². The van der Waals surface area contributed by atoms with Crippen molar-refractivity contribution in [3.8, 4) is 44.5 Å². The van der Waals surface area contributed by atoms with Gasteiger partial charge in [-0.15, -0.1) is 0 Å². The summed E-state index contributed by atoms with van der Waals surface area (Å²) < 4.78 is 28.1. The Morgan fingerprint density at radius 1 is 0.234 bits per heavy atom. The molecular formula is C130H95N3O4. The van der Waals surface area contributed by atoms with E-state index in [0.717, 1.165) is 160 Å². The predicted molar refractivity (Wildman–Crippen MR) is 577 cm³/mol. The van der Waals surface area contributed by atoms with Gasteiger partial charge in [0.1, 0.15) is 44.7 Å². The molecule has 0 fully saturated rings. The van der Waals surface area contributed by atoms with Gasteiger partial charge < -0.3 is 32.4 Å². The number of hydrogen-bond donors (Lipinski definition) is 0. The van der Waals surface area contributed by atoms with Gasteiger partial charge in [-0.3, -0.25) is 0 Å². The molecule has 0 radical (unpaired) electrons. The molecule has 22 aromatic carbocycles. The average molecular weight is 1760 g/mol. The second-order valence-electron chi connectivity index (χ2n) is 40.3. The lowest BCUT2D eigenvalue weighted by Crippen LogP contribution is -2.30. The van der Waals surface area contributed by atoms with Crippen molar-refractivity contribution >= 4 is 204 Å². The number of benzene rings is 22. The zero-order valence-corrected chi connectivity index (χ0v) is 78.3. The van der Waals surface area contributed by atoms with Crippen LogP contribution < -0.4 is 14.7 Å². The lowest BCUT2D eigenvalue weighted by Gasteiger charge is -2.42. The topological polar surface area (TPSA) is 62.3 Å². The van der Waals surface area contributed by atoms with Gasteiger partial charge in [-0.1, -0.05) is 261 Å². The van der Waals surface area contributed by atoms with Gasteiger partial charge in [0, 0.05) is 125 Å². The highest BCUT2D eigenvalue weighted by molar-refractivity contribution is 6.41.